The summed E-state index contributed by atoms with van der Waals surface area (Å²) in [6.07, 6.45) is 5.30. The maximum Gasteiger partial charge on any atom is 0.0905 e. The molecule has 1 heterocycles. The van der Waals surface area contributed by atoms with Crippen molar-refractivity contribution in [3.63, 3.8) is 0 Å². The van der Waals surface area contributed by atoms with Crippen LogP contribution in [0, 0.1) is 0 Å². The van der Waals surface area contributed by atoms with Crippen LogP contribution in [0.15, 0.2) is 17.1 Å². The highest BCUT2D eigenvalue weighted by molar-refractivity contribution is 8.14. The summed E-state index contributed by atoms with van der Waals surface area (Å²) in [4.78, 5) is 4.49. The molecule has 0 fully saturated rings. The maximum atomic E-state index is 4.49. The third-order valence-electron chi connectivity index (χ3n) is 1.51. The van der Waals surface area contributed by atoms with Gasteiger partial charge < -0.3 is 0 Å². The monoisotopic (exact) mass is 155 g/mol. The molecule has 0 aromatic heterocycles. The minimum absolute atomic E-state index is 0.580. The average Bonchev–Trinajstić information content (AvgIpc) is 2.37. The average molecular weight is 155 g/mol. The van der Waals surface area contributed by atoms with Gasteiger partial charge in [-0.2, -0.15) is 0 Å². The van der Waals surface area contributed by atoms with Gasteiger partial charge in [-0.3, -0.25) is 4.99 Å². The second-order valence-electron chi connectivity index (χ2n) is 2.34. The molecule has 0 aromatic rings. The Labute approximate surface area is 66.6 Å². The molecule has 0 amide bonds. The Hall–Kier alpha value is -0.240. The number of thioether (sulfide) groups is 1. The molecule has 0 N–H and O–H groups in total. The number of hydrogen-bond donors (Lipinski definition) is 0. The molecular weight excluding hydrogens is 142 g/mol. The van der Waals surface area contributed by atoms with E-state index in [2.05, 4.69) is 18.0 Å². The van der Waals surface area contributed by atoms with E-state index in [4.69, 9.17) is 0 Å². The minimum atomic E-state index is 0.580. The summed E-state index contributed by atoms with van der Waals surface area (Å²) in [5, 5.41) is 1.20. The predicted octanol–water partition coefficient (Wildman–Crippen LogP) is 2.49. The van der Waals surface area contributed by atoms with E-state index in [0.717, 1.165) is 0 Å². The molecule has 0 spiro atoms. The maximum absolute atomic E-state index is 4.49. The Morgan fingerprint density at radius 1 is 1.80 bits per heavy atom. The fraction of sp³-hybridized carbons (Fsp3) is 0.625. The first kappa shape index (κ1) is 7.86. The third kappa shape index (κ3) is 1.87. The van der Waals surface area contributed by atoms with Crippen LogP contribution in [0.5, 0.6) is 0 Å². The molecule has 0 radical (unpaired) electrons. The van der Waals surface area contributed by atoms with E-state index in [-0.39, 0.29) is 0 Å². The van der Waals surface area contributed by atoms with Gasteiger partial charge in [0.2, 0.25) is 0 Å². The molecule has 1 aliphatic rings. The first-order valence-electron chi connectivity index (χ1n) is 3.70. The lowest BCUT2D eigenvalue weighted by Crippen LogP contribution is -1.99. The number of hydrogen-bond acceptors (Lipinski definition) is 2. The molecule has 0 bridgehead atoms. The fourth-order valence-corrected chi connectivity index (χ4v) is 2.01. The van der Waals surface area contributed by atoms with Crippen LogP contribution in [-0.2, 0) is 0 Å². The Morgan fingerprint density at radius 3 is 3.10 bits per heavy atom. The van der Waals surface area contributed by atoms with Crippen LogP contribution in [0.1, 0.15) is 20.3 Å². The molecule has 0 unspecified atom stereocenters. The van der Waals surface area contributed by atoms with Gasteiger partial charge >= 0.3 is 0 Å². The molecule has 1 nitrogen and oxygen atoms in total. The van der Waals surface area contributed by atoms with Gasteiger partial charge in [0, 0.05) is 5.75 Å². The summed E-state index contributed by atoms with van der Waals surface area (Å²) in [6.45, 7) is 4.22. The van der Waals surface area contributed by atoms with E-state index < -0.39 is 0 Å². The fourth-order valence-electron chi connectivity index (χ4n) is 0.879. The van der Waals surface area contributed by atoms with Gasteiger partial charge in [-0.1, -0.05) is 13.0 Å². The van der Waals surface area contributed by atoms with Crippen molar-refractivity contribution in [3.8, 4) is 0 Å². The molecule has 0 aliphatic carbocycles. The van der Waals surface area contributed by atoms with Crippen LogP contribution in [-0.4, -0.2) is 16.8 Å². The van der Waals surface area contributed by atoms with Crippen LogP contribution in [0.2, 0.25) is 0 Å². The summed E-state index contributed by atoms with van der Waals surface area (Å²) >= 11 is 1.86. The van der Waals surface area contributed by atoms with Crippen LogP contribution >= 0.6 is 11.8 Å². The van der Waals surface area contributed by atoms with E-state index in [0.29, 0.717) is 6.04 Å². The van der Waals surface area contributed by atoms with Gasteiger partial charge in [-0.15, -0.1) is 11.8 Å². The molecule has 0 aromatic carbocycles. The highest BCUT2D eigenvalue weighted by atomic mass is 32.2. The van der Waals surface area contributed by atoms with Crippen LogP contribution < -0.4 is 0 Å². The Kier molecular flexibility index (Phi) is 3.00. The first-order valence-corrected chi connectivity index (χ1v) is 4.68. The predicted molar refractivity (Wildman–Crippen MR) is 48.8 cm³/mol. The van der Waals surface area contributed by atoms with Gasteiger partial charge in [0.25, 0.3) is 0 Å². The van der Waals surface area contributed by atoms with Gasteiger partial charge in [-0.05, 0) is 19.4 Å². The zero-order valence-corrected chi connectivity index (χ0v) is 7.32. The Morgan fingerprint density at radius 2 is 2.60 bits per heavy atom. The molecule has 0 saturated heterocycles. The van der Waals surface area contributed by atoms with Crippen molar-refractivity contribution in [1.29, 1.82) is 0 Å². The molecule has 56 valence electrons. The summed E-state index contributed by atoms with van der Waals surface area (Å²) < 4.78 is 0. The summed E-state index contributed by atoms with van der Waals surface area (Å²) in [5.41, 5.74) is 0. The highest BCUT2D eigenvalue weighted by Gasteiger charge is 2.13. The molecule has 1 rings (SSSR count). The van der Waals surface area contributed by atoms with Crippen LogP contribution in [0.4, 0.5) is 0 Å². The summed E-state index contributed by atoms with van der Waals surface area (Å²) in [7, 11) is 0. The van der Waals surface area contributed by atoms with Crippen LogP contribution in [0.25, 0.3) is 0 Å². The lowest BCUT2D eigenvalue weighted by Gasteiger charge is -1.95. The summed E-state index contributed by atoms with van der Waals surface area (Å²) in [6, 6.07) is 0.580. The SMILES string of the molecule is C/C=C/C1=N[C@H](CC)CS1. The number of nitrogens with zero attached hydrogens (tertiary/aromatic N) is 1. The summed E-state index contributed by atoms with van der Waals surface area (Å²) in [5.74, 6) is 1.18. The normalized spacial score (nSPS) is 25.8. The van der Waals surface area contributed by atoms with Gasteiger partial charge in [0.1, 0.15) is 0 Å². The molecule has 0 saturated carbocycles. The molecule has 2 heteroatoms. The third-order valence-corrected chi connectivity index (χ3v) is 2.60. The molecule has 1 atom stereocenters. The second-order valence-corrected chi connectivity index (χ2v) is 3.38. The Bertz CT molecular complexity index is 161. The van der Waals surface area contributed by atoms with E-state index in [1.807, 2.05) is 24.8 Å². The van der Waals surface area contributed by atoms with Crippen molar-refractivity contribution < 1.29 is 0 Å². The minimum Gasteiger partial charge on any atom is -0.274 e. The molecule has 1 aliphatic heterocycles. The van der Waals surface area contributed by atoms with E-state index >= 15 is 0 Å². The van der Waals surface area contributed by atoms with Crippen molar-refractivity contribution in [2.45, 2.75) is 26.3 Å². The van der Waals surface area contributed by atoms with Crippen molar-refractivity contribution >= 4 is 16.8 Å². The lowest BCUT2D eigenvalue weighted by atomic mass is 10.3. The van der Waals surface area contributed by atoms with Crippen molar-refractivity contribution in [1.82, 2.24) is 0 Å². The van der Waals surface area contributed by atoms with Gasteiger partial charge in [0.05, 0.1) is 11.1 Å². The smallest absolute Gasteiger partial charge is 0.0905 e. The zero-order valence-electron chi connectivity index (χ0n) is 6.50. The number of rotatable bonds is 2. The van der Waals surface area contributed by atoms with E-state index in [1.54, 1.807) is 0 Å². The standard InChI is InChI=1S/C8H13NS/c1-3-5-8-9-7(4-2)6-10-8/h3,5,7H,4,6H2,1-2H3/b5-3+/t7-/m1/s1. The van der Waals surface area contributed by atoms with Crippen molar-refractivity contribution in [3.05, 3.63) is 12.2 Å². The van der Waals surface area contributed by atoms with Crippen molar-refractivity contribution in [2.24, 2.45) is 4.99 Å². The Balaban J connectivity index is 2.48. The van der Waals surface area contributed by atoms with E-state index in [9.17, 15) is 0 Å². The van der Waals surface area contributed by atoms with Crippen molar-refractivity contribution in [2.75, 3.05) is 5.75 Å². The quantitative estimate of drug-likeness (QED) is 0.596. The van der Waals surface area contributed by atoms with Crippen LogP contribution in [0.3, 0.4) is 0 Å². The topological polar surface area (TPSA) is 12.4 Å². The molecular formula is C8H13NS. The number of aliphatic imine (C=N–C) groups is 1. The van der Waals surface area contributed by atoms with Gasteiger partial charge in [0.15, 0.2) is 0 Å². The highest BCUT2D eigenvalue weighted by Crippen LogP contribution is 2.20. The molecule has 10 heavy (non-hydrogen) atoms. The lowest BCUT2D eigenvalue weighted by molar-refractivity contribution is 0.738. The first-order chi connectivity index (χ1) is 4.86. The van der Waals surface area contributed by atoms with E-state index in [1.165, 1.54) is 17.2 Å². The van der Waals surface area contributed by atoms with Gasteiger partial charge in [-0.25, -0.2) is 0 Å². The second kappa shape index (κ2) is 3.81. The number of allylic oxidation sites excluding steroid dienone is 1. The largest absolute Gasteiger partial charge is 0.274 e. The zero-order chi connectivity index (χ0) is 7.40.